The Bertz CT molecular complexity index is 709. The van der Waals surface area contributed by atoms with E-state index in [0.717, 1.165) is 16.8 Å². The third-order valence-electron chi connectivity index (χ3n) is 3.33. The van der Waals surface area contributed by atoms with Crippen molar-refractivity contribution in [1.82, 2.24) is 5.32 Å². The van der Waals surface area contributed by atoms with Crippen LogP contribution in [0.1, 0.15) is 24.5 Å². The summed E-state index contributed by atoms with van der Waals surface area (Å²) in [5.74, 6) is -0.0893. The lowest BCUT2D eigenvalue weighted by Gasteiger charge is -2.06. The molecule has 0 saturated heterocycles. The van der Waals surface area contributed by atoms with Crippen LogP contribution in [0.3, 0.4) is 0 Å². The van der Waals surface area contributed by atoms with E-state index in [4.69, 9.17) is 4.74 Å². The van der Waals surface area contributed by atoms with E-state index in [1.165, 1.54) is 6.92 Å². The van der Waals surface area contributed by atoms with Crippen molar-refractivity contribution in [2.24, 2.45) is 0 Å². The van der Waals surface area contributed by atoms with Crippen molar-refractivity contribution in [1.29, 1.82) is 0 Å². The van der Waals surface area contributed by atoms with E-state index in [9.17, 15) is 9.59 Å². The lowest BCUT2D eigenvalue weighted by molar-refractivity contribution is -0.114. The molecule has 0 fully saturated rings. The van der Waals surface area contributed by atoms with Gasteiger partial charge in [-0.3, -0.25) is 4.79 Å². The summed E-state index contributed by atoms with van der Waals surface area (Å²) in [7, 11) is 0. The fourth-order valence-corrected chi connectivity index (χ4v) is 2.13. The quantitative estimate of drug-likeness (QED) is 0.751. The normalized spacial score (nSPS) is 10.4. The summed E-state index contributed by atoms with van der Waals surface area (Å²) in [6, 6.07) is 17.1. The highest BCUT2D eigenvalue weighted by atomic mass is 16.5. The van der Waals surface area contributed by atoms with E-state index in [1.807, 2.05) is 66.7 Å². The van der Waals surface area contributed by atoms with Crippen LogP contribution in [0.15, 0.2) is 60.7 Å². The molecule has 2 aromatic carbocycles. The van der Waals surface area contributed by atoms with E-state index in [-0.39, 0.29) is 12.5 Å². The topological polar surface area (TPSA) is 67.4 Å². The number of ether oxygens (including phenoxy) is 1. The Kier molecular flexibility index (Phi) is 7.25. The number of amides is 2. The summed E-state index contributed by atoms with van der Waals surface area (Å²) in [4.78, 5) is 22.5. The second-order valence-electron chi connectivity index (χ2n) is 5.48. The van der Waals surface area contributed by atoms with Gasteiger partial charge in [0, 0.05) is 19.2 Å². The van der Waals surface area contributed by atoms with Crippen LogP contribution >= 0.6 is 0 Å². The SMILES string of the molecule is CC(=O)Nc1ccc(C=CCCNC(=O)OCc2ccccc2)cc1. The largest absolute Gasteiger partial charge is 0.445 e. The van der Waals surface area contributed by atoms with E-state index in [0.29, 0.717) is 13.0 Å². The third-order valence-corrected chi connectivity index (χ3v) is 3.33. The molecular weight excluding hydrogens is 316 g/mol. The maximum Gasteiger partial charge on any atom is 0.407 e. The lowest BCUT2D eigenvalue weighted by Crippen LogP contribution is -2.24. The lowest BCUT2D eigenvalue weighted by atomic mass is 10.2. The van der Waals surface area contributed by atoms with Crippen molar-refractivity contribution in [2.75, 3.05) is 11.9 Å². The maximum absolute atomic E-state index is 11.6. The van der Waals surface area contributed by atoms with E-state index < -0.39 is 6.09 Å². The van der Waals surface area contributed by atoms with Crippen LogP contribution in [0, 0.1) is 0 Å². The first kappa shape index (κ1) is 18.3. The number of hydrogen-bond donors (Lipinski definition) is 2. The molecule has 0 unspecified atom stereocenters. The molecule has 0 spiro atoms. The van der Waals surface area contributed by atoms with Crippen LogP contribution in [-0.2, 0) is 16.1 Å². The van der Waals surface area contributed by atoms with Crippen LogP contribution in [0.25, 0.3) is 6.08 Å². The number of carbonyl (C=O) groups is 2. The highest BCUT2D eigenvalue weighted by Gasteiger charge is 2.00. The Morgan fingerprint density at radius 1 is 1.04 bits per heavy atom. The first-order valence-corrected chi connectivity index (χ1v) is 8.12. The fraction of sp³-hybridized carbons (Fsp3) is 0.200. The molecule has 0 saturated carbocycles. The van der Waals surface area contributed by atoms with Gasteiger partial charge in [0.1, 0.15) is 6.61 Å². The number of nitrogens with one attached hydrogen (secondary N) is 2. The van der Waals surface area contributed by atoms with E-state index >= 15 is 0 Å². The molecule has 0 radical (unpaired) electrons. The minimum absolute atomic E-state index is 0.0893. The number of carbonyl (C=O) groups excluding carboxylic acids is 2. The minimum atomic E-state index is -0.420. The Labute approximate surface area is 147 Å². The first-order chi connectivity index (χ1) is 12.1. The zero-order valence-electron chi connectivity index (χ0n) is 14.2. The van der Waals surface area contributed by atoms with Gasteiger partial charge in [-0.1, -0.05) is 54.6 Å². The Morgan fingerprint density at radius 3 is 2.44 bits per heavy atom. The van der Waals surface area contributed by atoms with E-state index in [1.54, 1.807) is 0 Å². The number of alkyl carbamates (subject to hydrolysis) is 1. The summed E-state index contributed by atoms with van der Waals surface area (Å²) < 4.78 is 5.13. The zero-order valence-corrected chi connectivity index (χ0v) is 14.2. The summed E-state index contributed by atoms with van der Waals surface area (Å²) in [5.41, 5.74) is 2.76. The Hall–Kier alpha value is -3.08. The van der Waals surface area contributed by atoms with Gasteiger partial charge in [-0.15, -0.1) is 0 Å². The minimum Gasteiger partial charge on any atom is -0.445 e. The number of anilines is 1. The maximum atomic E-state index is 11.6. The van der Waals surface area contributed by atoms with Crippen molar-refractivity contribution in [3.05, 3.63) is 71.8 Å². The summed E-state index contributed by atoms with van der Waals surface area (Å²) in [6.07, 6.45) is 4.23. The molecule has 0 atom stereocenters. The van der Waals surface area contributed by atoms with Gasteiger partial charge in [-0.2, -0.15) is 0 Å². The van der Waals surface area contributed by atoms with Crippen LogP contribution in [0.2, 0.25) is 0 Å². The highest BCUT2D eigenvalue weighted by Crippen LogP contribution is 2.10. The molecule has 0 aliphatic carbocycles. The number of hydrogen-bond acceptors (Lipinski definition) is 3. The van der Waals surface area contributed by atoms with Gasteiger partial charge in [0.05, 0.1) is 0 Å². The summed E-state index contributed by atoms with van der Waals surface area (Å²) in [5, 5.41) is 5.43. The average Bonchev–Trinajstić information content (AvgIpc) is 2.61. The molecule has 0 heterocycles. The zero-order chi connectivity index (χ0) is 17.9. The first-order valence-electron chi connectivity index (χ1n) is 8.12. The van der Waals surface area contributed by atoms with Crippen LogP contribution < -0.4 is 10.6 Å². The molecule has 2 N–H and O–H groups in total. The van der Waals surface area contributed by atoms with Gasteiger partial charge >= 0.3 is 6.09 Å². The summed E-state index contributed by atoms with van der Waals surface area (Å²) >= 11 is 0. The molecule has 0 aromatic heterocycles. The molecule has 25 heavy (non-hydrogen) atoms. The van der Waals surface area contributed by atoms with Crippen LogP contribution in [0.4, 0.5) is 10.5 Å². The van der Waals surface area contributed by atoms with Gasteiger partial charge in [-0.25, -0.2) is 4.79 Å². The van der Waals surface area contributed by atoms with Crippen molar-refractivity contribution in [3.8, 4) is 0 Å². The van der Waals surface area contributed by atoms with Crippen molar-refractivity contribution in [3.63, 3.8) is 0 Å². The molecular formula is C20H22N2O3. The van der Waals surface area contributed by atoms with Gasteiger partial charge < -0.3 is 15.4 Å². The smallest absolute Gasteiger partial charge is 0.407 e. The summed E-state index contributed by atoms with van der Waals surface area (Å²) in [6.45, 7) is 2.25. The Morgan fingerprint density at radius 2 is 1.76 bits per heavy atom. The number of benzene rings is 2. The molecule has 5 nitrogen and oxygen atoms in total. The average molecular weight is 338 g/mol. The van der Waals surface area contributed by atoms with Gasteiger partial charge in [0.25, 0.3) is 0 Å². The van der Waals surface area contributed by atoms with Crippen molar-refractivity contribution in [2.45, 2.75) is 20.0 Å². The van der Waals surface area contributed by atoms with Gasteiger partial charge in [-0.05, 0) is 29.7 Å². The second-order valence-corrected chi connectivity index (χ2v) is 5.48. The molecule has 5 heteroatoms. The molecule has 130 valence electrons. The van der Waals surface area contributed by atoms with Gasteiger partial charge in [0.15, 0.2) is 0 Å². The fourth-order valence-electron chi connectivity index (χ4n) is 2.13. The number of rotatable bonds is 7. The van der Waals surface area contributed by atoms with Crippen molar-refractivity contribution < 1.29 is 14.3 Å². The molecule has 0 aliphatic heterocycles. The Balaban J connectivity index is 1.64. The predicted molar refractivity (Wildman–Crippen MR) is 99.0 cm³/mol. The van der Waals surface area contributed by atoms with Crippen LogP contribution in [-0.4, -0.2) is 18.5 Å². The van der Waals surface area contributed by atoms with Crippen molar-refractivity contribution >= 4 is 23.8 Å². The standard InChI is InChI=1S/C20H22N2O3/c1-16(23)22-19-12-10-17(11-13-19)7-5-6-14-21-20(24)25-15-18-8-3-2-4-9-18/h2-5,7-13H,6,14-15H2,1H3,(H,21,24)(H,22,23). The van der Waals surface area contributed by atoms with Gasteiger partial charge in [0.2, 0.25) is 5.91 Å². The van der Waals surface area contributed by atoms with Crippen LogP contribution in [0.5, 0.6) is 0 Å². The predicted octanol–water partition coefficient (Wildman–Crippen LogP) is 3.97. The molecule has 2 rings (SSSR count). The molecule has 2 aromatic rings. The molecule has 0 aliphatic rings. The third kappa shape index (κ3) is 7.35. The molecule has 2 amide bonds. The molecule has 0 bridgehead atoms. The second kappa shape index (κ2) is 9.93. The monoisotopic (exact) mass is 338 g/mol. The van der Waals surface area contributed by atoms with E-state index in [2.05, 4.69) is 10.6 Å². The highest BCUT2D eigenvalue weighted by molar-refractivity contribution is 5.88.